The monoisotopic (exact) mass is 270 g/mol. The van der Waals surface area contributed by atoms with Crippen molar-refractivity contribution in [3.8, 4) is 0 Å². The summed E-state index contributed by atoms with van der Waals surface area (Å²) in [6.45, 7) is 11.5. The summed E-state index contributed by atoms with van der Waals surface area (Å²) in [7, 11) is 0. The van der Waals surface area contributed by atoms with Crippen LogP contribution < -0.4 is 0 Å². The third kappa shape index (κ3) is 11.0. The highest BCUT2D eigenvalue weighted by Crippen LogP contribution is 2.37. The summed E-state index contributed by atoms with van der Waals surface area (Å²) in [5.41, 5.74) is 0.705. The molecular formula is C17H34O2. The molecule has 0 bridgehead atoms. The first-order valence-corrected chi connectivity index (χ1v) is 7.90. The maximum Gasteiger partial charge on any atom is 0.303 e. The van der Waals surface area contributed by atoms with Crippen LogP contribution in [0, 0.1) is 10.8 Å². The van der Waals surface area contributed by atoms with Gasteiger partial charge in [0.2, 0.25) is 0 Å². The molecule has 0 atom stereocenters. The molecule has 1 N–H and O–H groups in total. The van der Waals surface area contributed by atoms with E-state index in [1.54, 1.807) is 0 Å². The lowest BCUT2D eigenvalue weighted by Crippen LogP contribution is -2.18. The Morgan fingerprint density at radius 2 is 1.32 bits per heavy atom. The van der Waals surface area contributed by atoms with Crippen molar-refractivity contribution in [2.75, 3.05) is 0 Å². The second-order valence-corrected chi connectivity index (χ2v) is 7.53. The van der Waals surface area contributed by atoms with E-state index < -0.39 is 5.97 Å². The lowest BCUT2D eigenvalue weighted by Gasteiger charge is -2.31. The van der Waals surface area contributed by atoms with Gasteiger partial charge < -0.3 is 5.11 Å². The molecular weight excluding hydrogens is 236 g/mol. The minimum atomic E-state index is -0.671. The summed E-state index contributed by atoms with van der Waals surface area (Å²) in [5, 5.41) is 8.69. The van der Waals surface area contributed by atoms with E-state index in [0.717, 1.165) is 12.8 Å². The van der Waals surface area contributed by atoms with Crippen molar-refractivity contribution in [1.29, 1.82) is 0 Å². The van der Waals surface area contributed by atoms with Crippen LogP contribution in [0.4, 0.5) is 0 Å². The van der Waals surface area contributed by atoms with Gasteiger partial charge >= 0.3 is 5.97 Å². The highest BCUT2D eigenvalue weighted by Gasteiger charge is 2.24. The zero-order valence-electron chi connectivity index (χ0n) is 13.7. The minimum Gasteiger partial charge on any atom is -0.481 e. The Labute approximate surface area is 120 Å². The molecule has 0 aromatic carbocycles. The second-order valence-electron chi connectivity index (χ2n) is 7.53. The maximum absolute atomic E-state index is 10.5. The number of aliphatic carboxylic acids is 1. The Bertz CT molecular complexity index is 254. The van der Waals surface area contributed by atoms with Gasteiger partial charge in [-0.05, 0) is 42.9 Å². The van der Waals surface area contributed by atoms with Gasteiger partial charge in [-0.1, -0.05) is 53.9 Å². The zero-order valence-corrected chi connectivity index (χ0v) is 13.7. The standard InChI is InChI=1S/C17H34O2/c1-6-7-8-11-16(2,3)13-14-17(4,5)12-9-10-15(18)19/h6-14H2,1-5H3,(H,18,19). The third-order valence-electron chi connectivity index (χ3n) is 4.18. The summed E-state index contributed by atoms with van der Waals surface area (Å²) < 4.78 is 0. The molecule has 2 nitrogen and oxygen atoms in total. The Balaban J connectivity index is 3.95. The zero-order chi connectivity index (χ0) is 14.9. The van der Waals surface area contributed by atoms with Crippen molar-refractivity contribution in [1.82, 2.24) is 0 Å². The van der Waals surface area contributed by atoms with Gasteiger partial charge in [-0.3, -0.25) is 4.79 Å². The van der Waals surface area contributed by atoms with Gasteiger partial charge in [0.1, 0.15) is 0 Å². The Kier molecular flexibility index (Phi) is 8.36. The summed E-state index contributed by atoms with van der Waals surface area (Å²) in [6, 6.07) is 0. The van der Waals surface area contributed by atoms with Crippen LogP contribution in [0.2, 0.25) is 0 Å². The summed E-state index contributed by atoms with van der Waals surface area (Å²) >= 11 is 0. The highest BCUT2D eigenvalue weighted by molar-refractivity contribution is 5.66. The lowest BCUT2D eigenvalue weighted by atomic mass is 9.74. The van der Waals surface area contributed by atoms with Gasteiger partial charge in [0.05, 0.1) is 0 Å². The molecule has 0 saturated heterocycles. The van der Waals surface area contributed by atoms with Gasteiger partial charge in [-0.15, -0.1) is 0 Å². The second kappa shape index (κ2) is 8.60. The van der Waals surface area contributed by atoms with Crippen LogP contribution in [0.3, 0.4) is 0 Å². The van der Waals surface area contributed by atoms with Crippen LogP contribution in [-0.4, -0.2) is 11.1 Å². The Hall–Kier alpha value is -0.530. The number of hydrogen-bond donors (Lipinski definition) is 1. The average molecular weight is 270 g/mol. The smallest absolute Gasteiger partial charge is 0.303 e. The fourth-order valence-corrected chi connectivity index (χ4v) is 2.50. The molecule has 114 valence electrons. The van der Waals surface area contributed by atoms with E-state index in [-0.39, 0.29) is 5.41 Å². The molecule has 0 aliphatic rings. The van der Waals surface area contributed by atoms with Crippen molar-refractivity contribution in [2.24, 2.45) is 10.8 Å². The molecule has 0 unspecified atom stereocenters. The fourth-order valence-electron chi connectivity index (χ4n) is 2.50. The summed E-state index contributed by atoms with van der Waals surface area (Å²) in [4.78, 5) is 10.5. The number of carbonyl (C=O) groups is 1. The molecule has 0 rings (SSSR count). The normalized spacial score (nSPS) is 12.7. The predicted molar refractivity (Wildman–Crippen MR) is 82.4 cm³/mol. The Morgan fingerprint density at radius 3 is 1.74 bits per heavy atom. The van der Waals surface area contributed by atoms with E-state index in [0.29, 0.717) is 11.8 Å². The highest BCUT2D eigenvalue weighted by atomic mass is 16.4. The van der Waals surface area contributed by atoms with Crippen LogP contribution >= 0.6 is 0 Å². The third-order valence-corrected chi connectivity index (χ3v) is 4.18. The van der Waals surface area contributed by atoms with Crippen molar-refractivity contribution < 1.29 is 9.90 Å². The number of carboxylic acids is 1. The SMILES string of the molecule is CCCCCC(C)(C)CCC(C)(C)CCCC(=O)O. The topological polar surface area (TPSA) is 37.3 Å². The molecule has 0 aliphatic heterocycles. The van der Waals surface area contributed by atoms with Gasteiger partial charge in [0.25, 0.3) is 0 Å². The Morgan fingerprint density at radius 1 is 0.842 bits per heavy atom. The molecule has 2 heteroatoms. The van der Waals surface area contributed by atoms with E-state index in [4.69, 9.17) is 5.11 Å². The molecule has 0 saturated carbocycles. The van der Waals surface area contributed by atoms with Gasteiger partial charge in [0.15, 0.2) is 0 Å². The fraction of sp³-hybridized carbons (Fsp3) is 0.941. The first-order chi connectivity index (χ1) is 8.68. The first-order valence-electron chi connectivity index (χ1n) is 7.90. The predicted octanol–water partition coefficient (Wildman–Crippen LogP) is 5.65. The van der Waals surface area contributed by atoms with Crippen molar-refractivity contribution >= 4 is 5.97 Å². The number of carboxylic acid groups (broad SMARTS) is 1. The number of unbranched alkanes of at least 4 members (excludes halogenated alkanes) is 2. The molecule has 0 fully saturated rings. The van der Waals surface area contributed by atoms with Crippen molar-refractivity contribution in [2.45, 2.75) is 92.4 Å². The van der Waals surface area contributed by atoms with Gasteiger partial charge in [-0.2, -0.15) is 0 Å². The summed E-state index contributed by atoms with van der Waals surface area (Å²) in [6.07, 6.45) is 9.85. The maximum atomic E-state index is 10.5. The van der Waals surface area contributed by atoms with E-state index >= 15 is 0 Å². The van der Waals surface area contributed by atoms with E-state index in [1.165, 1.54) is 38.5 Å². The average Bonchev–Trinajstić information content (AvgIpc) is 2.26. The van der Waals surface area contributed by atoms with E-state index in [2.05, 4.69) is 34.6 Å². The van der Waals surface area contributed by atoms with Crippen LogP contribution in [0.25, 0.3) is 0 Å². The molecule has 0 aliphatic carbocycles. The number of rotatable bonds is 11. The van der Waals surface area contributed by atoms with Crippen molar-refractivity contribution in [3.05, 3.63) is 0 Å². The molecule has 0 radical (unpaired) electrons. The lowest BCUT2D eigenvalue weighted by molar-refractivity contribution is -0.137. The molecule has 0 heterocycles. The van der Waals surface area contributed by atoms with Crippen LogP contribution in [0.15, 0.2) is 0 Å². The molecule has 19 heavy (non-hydrogen) atoms. The molecule has 0 amide bonds. The van der Waals surface area contributed by atoms with Gasteiger partial charge in [-0.25, -0.2) is 0 Å². The van der Waals surface area contributed by atoms with Gasteiger partial charge in [0, 0.05) is 6.42 Å². The van der Waals surface area contributed by atoms with E-state index in [9.17, 15) is 4.79 Å². The summed E-state index contributed by atoms with van der Waals surface area (Å²) in [5.74, 6) is -0.671. The largest absolute Gasteiger partial charge is 0.481 e. The first kappa shape index (κ1) is 18.5. The van der Waals surface area contributed by atoms with Crippen molar-refractivity contribution in [3.63, 3.8) is 0 Å². The quantitative estimate of drug-likeness (QED) is 0.492. The minimum absolute atomic E-state index is 0.275. The molecule has 0 spiro atoms. The van der Waals surface area contributed by atoms with E-state index in [1.807, 2.05) is 0 Å². The molecule has 0 aromatic heterocycles. The molecule has 0 aromatic rings. The van der Waals surface area contributed by atoms with Crippen LogP contribution in [0.5, 0.6) is 0 Å². The number of hydrogen-bond acceptors (Lipinski definition) is 1. The van der Waals surface area contributed by atoms with Crippen LogP contribution in [-0.2, 0) is 4.79 Å². The van der Waals surface area contributed by atoms with Crippen LogP contribution in [0.1, 0.15) is 92.4 Å².